The minimum absolute atomic E-state index is 0.783. The molecule has 5 heteroatoms. The molecular weight excluding hydrogens is 445 g/mol. The predicted octanol–water partition coefficient (Wildman–Crippen LogP) is 5.70. The van der Waals surface area contributed by atoms with Gasteiger partial charge in [-0.3, -0.25) is 0 Å². The summed E-state index contributed by atoms with van der Waals surface area (Å²) in [6.07, 6.45) is 2.26. The van der Waals surface area contributed by atoms with E-state index in [0.717, 1.165) is 28.9 Å². The van der Waals surface area contributed by atoms with Crippen LogP contribution in [0.5, 0.6) is 0 Å². The number of hydrogen-bond donors (Lipinski definition) is 0. The highest BCUT2D eigenvalue weighted by molar-refractivity contribution is 7.95. The molecule has 0 aliphatic rings. The number of benzene rings is 3. The van der Waals surface area contributed by atoms with Crippen LogP contribution in [0.2, 0.25) is 0 Å². The van der Waals surface area contributed by atoms with E-state index in [1.807, 2.05) is 4.52 Å². The van der Waals surface area contributed by atoms with Gasteiger partial charge in [0.25, 0.3) is 0 Å². The van der Waals surface area contributed by atoms with Crippen LogP contribution in [0.15, 0.2) is 103 Å². The minimum Gasteiger partial charge on any atom is -0.218 e. The van der Waals surface area contributed by atoms with Crippen molar-refractivity contribution in [1.82, 2.24) is 14.6 Å². The van der Waals surface area contributed by atoms with Gasteiger partial charge < -0.3 is 0 Å². The van der Waals surface area contributed by atoms with Gasteiger partial charge in [0, 0.05) is 12.1 Å². The van der Waals surface area contributed by atoms with Gasteiger partial charge in [-0.25, -0.2) is 9.50 Å². The second kappa shape index (κ2) is 10.3. The van der Waals surface area contributed by atoms with Crippen LogP contribution < -0.4 is 15.9 Å². The van der Waals surface area contributed by atoms with E-state index >= 15 is 0 Å². The highest BCUT2D eigenvalue weighted by Crippen LogP contribution is 2.57. The molecule has 0 saturated carbocycles. The SMILES string of the molecule is CCl.Cc1ccc(C)n2nc(C[P+](c3ccccc3)(c3ccccc3)c3ccccc3)nc12. The maximum atomic E-state index is 5.01. The van der Waals surface area contributed by atoms with Crippen LogP contribution in [0.25, 0.3) is 5.65 Å². The van der Waals surface area contributed by atoms with Crippen LogP contribution in [0.3, 0.4) is 0 Å². The van der Waals surface area contributed by atoms with Crippen molar-refractivity contribution in [3.05, 3.63) is 120 Å². The van der Waals surface area contributed by atoms with Crippen molar-refractivity contribution in [1.29, 1.82) is 0 Å². The van der Waals surface area contributed by atoms with Crippen molar-refractivity contribution in [2.75, 3.05) is 6.38 Å². The van der Waals surface area contributed by atoms with E-state index in [-0.39, 0.29) is 0 Å². The highest BCUT2D eigenvalue weighted by Gasteiger charge is 2.46. The normalized spacial score (nSPS) is 11.2. The number of pyridine rings is 1. The Bertz CT molecular complexity index is 1180. The fourth-order valence-electron chi connectivity index (χ4n) is 4.29. The molecule has 5 rings (SSSR count). The van der Waals surface area contributed by atoms with Gasteiger partial charge >= 0.3 is 0 Å². The Morgan fingerprint density at radius 3 is 1.55 bits per heavy atom. The van der Waals surface area contributed by atoms with Gasteiger partial charge in [-0.1, -0.05) is 60.7 Å². The van der Waals surface area contributed by atoms with Crippen molar-refractivity contribution in [3.8, 4) is 0 Å². The molecule has 166 valence electrons. The third-order valence-electron chi connectivity index (χ3n) is 5.88. The van der Waals surface area contributed by atoms with Crippen molar-refractivity contribution in [2.24, 2.45) is 0 Å². The molecule has 33 heavy (non-hydrogen) atoms. The fourth-order valence-corrected chi connectivity index (χ4v) is 8.34. The summed E-state index contributed by atoms with van der Waals surface area (Å²) in [4.78, 5) is 5.01. The summed E-state index contributed by atoms with van der Waals surface area (Å²) >= 11 is 4.64. The topological polar surface area (TPSA) is 30.2 Å². The van der Waals surface area contributed by atoms with Crippen LogP contribution in [-0.2, 0) is 6.16 Å². The van der Waals surface area contributed by atoms with Gasteiger partial charge in [-0.05, 0) is 61.9 Å². The molecule has 0 aliphatic carbocycles. The number of aromatic nitrogens is 3. The van der Waals surface area contributed by atoms with E-state index in [2.05, 4.69) is 129 Å². The third kappa shape index (κ3) is 4.44. The molecule has 5 aromatic rings. The van der Waals surface area contributed by atoms with E-state index in [0.29, 0.717) is 0 Å². The zero-order valence-corrected chi connectivity index (χ0v) is 20.8. The molecule has 0 saturated heterocycles. The van der Waals surface area contributed by atoms with Gasteiger partial charge in [-0.2, -0.15) is 0 Å². The Morgan fingerprint density at radius 2 is 1.12 bits per heavy atom. The van der Waals surface area contributed by atoms with Crippen LogP contribution in [0.4, 0.5) is 0 Å². The molecule has 0 atom stereocenters. The standard InChI is InChI=1S/C27H25N3P.CH3Cl/c1-21-18-19-22(2)30-27(21)28-26(29-30)20-31(23-12-6-3-7-13-23,24-14-8-4-9-15-24)25-16-10-5-11-17-25;1-2/h3-19H,20H2,1-2H3;1H3/q+1;. The summed E-state index contributed by atoms with van der Waals surface area (Å²) < 4.78 is 1.99. The zero-order chi connectivity index (χ0) is 23.3. The lowest BCUT2D eigenvalue weighted by Crippen LogP contribution is -2.32. The second-order valence-electron chi connectivity index (χ2n) is 7.90. The summed E-state index contributed by atoms with van der Waals surface area (Å²) in [7, 11) is -2.00. The van der Waals surface area contributed by atoms with Crippen molar-refractivity contribution in [2.45, 2.75) is 20.0 Å². The largest absolute Gasteiger partial charge is 0.218 e. The van der Waals surface area contributed by atoms with Gasteiger partial charge in [0.15, 0.2) is 11.5 Å². The number of halogens is 1. The van der Waals surface area contributed by atoms with E-state index < -0.39 is 7.26 Å². The molecular formula is C28H28ClN3P+. The maximum absolute atomic E-state index is 5.01. The quantitative estimate of drug-likeness (QED) is 0.243. The third-order valence-corrected chi connectivity index (χ3v) is 10.2. The lowest BCUT2D eigenvalue weighted by Gasteiger charge is -2.26. The first-order valence-electron chi connectivity index (χ1n) is 10.9. The molecule has 0 N–H and O–H groups in total. The summed E-state index contributed by atoms with van der Waals surface area (Å²) in [5.41, 5.74) is 3.19. The predicted molar refractivity (Wildman–Crippen MR) is 143 cm³/mol. The van der Waals surface area contributed by atoms with Gasteiger partial charge in [0.05, 0.1) is 0 Å². The Hall–Kier alpha value is -3.00. The number of alkyl halides is 1. The van der Waals surface area contributed by atoms with Crippen molar-refractivity contribution < 1.29 is 0 Å². The average Bonchev–Trinajstić information content (AvgIpc) is 3.33. The Kier molecular flexibility index (Phi) is 7.23. The molecule has 0 unspecified atom stereocenters. The number of aryl methyl sites for hydroxylation is 2. The monoisotopic (exact) mass is 472 g/mol. The maximum Gasteiger partial charge on any atom is 0.190 e. The second-order valence-corrected chi connectivity index (χ2v) is 11.4. The van der Waals surface area contributed by atoms with Gasteiger partial charge in [0.1, 0.15) is 29.3 Å². The van der Waals surface area contributed by atoms with Crippen LogP contribution >= 0.6 is 18.9 Å². The van der Waals surface area contributed by atoms with E-state index in [1.165, 1.54) is 22.3 Å². The van der Waals surface area contributed by atoms with Crippen molar-refractivity contribution in [3.63, 3.8) is 0 Å². The van der Waals surface area contributed by atoms with Gasteiger partial charge in [-0.15, -0.1) is 16.7 Å². The Balaban J connectivity index is 0.00000126. The molecule has 0 fully saturated rings. The average molecular weight is 473 g/mol. The van der Waals surface area contributed by atoms with Crippen molar-refractivity contribution >= 4 is 40.4 Å². The Labute approximate surface area is 201 Å². The molecule has 2 heterocycles. The van der Waals surface area contributed by atoms with Gasteiger partial charge in [0.2, 0.25) is 0 Å². The highest BCUT2D eigenvalue weighted by atomic mass is 35.5. The van der Waals surface area contributed by atoms with E-state index in [9.17, 15) is 0 Å². The lowest BCUT2D eigenvalue weighted by molar-refractivity contribution is 0.883. The lowest BCUT2D eigenvalue weighted by atomic mass is 10.3. The summed E-state index contributed by atoms with van der Waals surface area (Å²) in [6, 6.07) is 36.9. The molecule has 3 nitrogen and oxygen atoms in total. The van der Waals surface area contributed by atoms with Crippen LogP contribution in [-0.4, -0.2) is 21.0 Å². The smallest absolute Gasteiger partial charge is 0.190 e. The molecule has 2 aromatic heterocycles. The summed E-state index contributed by atoms with van der Waals surface area (Å²) in [6.45, 7) is 4.18. The zero-order valence-electron chi connectivity index (χ0n) is 19.2. The van der Waals surface area contributed by atoms with Crippen LogP contribution in [0.1, 0.15) is 17.1 Å². The summed E-state index contributed by atoms with van der Waals surface area (Å²) in [5, 5.41) is 9.01. The molecule has 0 spiro atoms. The van der Waals surface area contributed by atoms with Crippen LogP contribution in [0, 0.1) is 13.8 Å². The molecule has 0 aliphatic heterocycles. The number of fused-ring (bicyclic) bond motifs is 1. The van der Waals surface area contributed by atoms with E-state index in [1.54, 1.807) is 0 Å². The Morgan fingerprint density at radius 1 is 0.667 bits per heavy atom. The van der Waals surface area contributed by atoms with E-state index in [4.69, 9.17) is 10.1 Å². The first kappa shape index (κ1) is 23.2. The molecule has 0 bridgehead atoms. The molecule has 0 amide bonds. The molecule has 0 radical (unpaired) electrons. The molecule has 3 aromatic carbocycles. The first-order chi connectivity index (χ1) is 16.2. The number of rotatable bonds is 5. The minimum atomic E-state index is -2.00. The fraction of sp³-hybridized carbons (Fsp3) is 0.143. The number of hydrogen-bond acceptors (Lipinski definition) is 2. The summed E-state index contributed by atoms with van der Waals surface area (Å²) in [5.74, 6) is 0.891. The number of nitrogens with zero attached hydrogens (tertiary/aromatic N) is 3. The first-order valence-corrected chi connectivity index (χ1v) is 13.7.